The minimum Gasteiger partial charge on any atom is -0.355 e. The van der Waals surface area contributed by atoms with Gasteiger partial charge in [0.15, 0.2) is 0 Å². The number of hydrogen-bond acceptors (Lipinski definition) is 2. The second-order valence-electron chi connectivity index (χ2n) is 16.3. The highest BCUT2D eigenvalue weighted by atomic mass is 14.9. The van der Waals surface area contributed by atoms with Gasteiger partial charge in [0, 0.05) is 22.7 Å². The molecule has 0 unspecified atom stereocenters. The summed E-state index contributed by atoms with van der Waals surface area (Å²) >= 11 is 0. The molecule has 2 heteroatoms. The van der Waals surface area contributed by atoms with Crippen LogP contribution in [0.15, 0.2) is 255 Å². The SMILES string of the molecule is c1ccc(-c2cc(Nc3cc(Nc4cc(-c5ccccc5)cc(-c5ccccc5)c4)cc(C4(c5ccccc5)c5ccccc5-c5ccccc54)c3)cc(-c3ccccc3)c2)cc1. The van der Waals surface area contributed by atoms with E-state index in [2.05, 4.69) is 265 Å². The Morgan fingerprint density at radius 3 is 0.889 bits per heavy atom. The fourth-order valence-corrected chi connectivity index (χ4v) is 9.62. The molecule has 0 aliphatic heterocycles. The standard InChI is InChI=1S/C61H44N2/c1-6-20-43(21-7-1)47-34-48(44-22-8-2-9-23-44)37-53(36-47)62-55-40-52(61(51-28-14-5-15-29-51)59-32-18-16-30-57(59)58-31-17-19-33-60(58)61)41-56(42-55)63-54-38-49(45-24-10-3-11-25-45)35-50(39-54)46-26-12-4-13-27-46/h1-42,62-63H. The van der Waals surface area contributed by atoms with Gasteiger partial charge in [0.25, 0.3) is 0 Å². The van der Waals surface area contributed by atoms with Gasteiger partial charge in [-0.25, -0.2) is 0 Å². The lowest BCUT2D eigenvalue weighted by molar-refractivity contribution is 0.769. The van der Waals surface area contributed by atoms with Gasteiger partial charge in [-0.3, -0.25) is 0 Å². The molecule has 0 saturated carbocycles. The van der Waals surface area contributed by atoms with Crippen molar-refractivity contribution in [3.05, 3.63) is 277 Å². The smallest absolute Gasteiger partial charge is 0.0715 e. The van der Waals surface area contributed by atoms with Gasteiger partial charge in [0.05, 0.1) is 5.41 Å². The molecule has 0 fully saturated rings. The Hall–Kier alpha value is -8.20. The van der Waals surface area contributed by atoms with Crippen molar-refractivity contribution in [2.75, 3.05) is 10.6 Å². The molecule has 0 amide bonds. The van der Waals surface area contributed by atoms with Crippen molar-refractivity contribution in [2.24, 2.45) is 0 Å². The molecule has 0 radical (unpaired) electrons. The van der Waals surface area contributed by atoms with Crippen molar-refractivity contribution in [3.8, 4) is 55.6 Å². The van der Waals surface area contributed by atoms with Crippen LogP contribution in [0.1, 0.15) is 22.3 Å². The molecule has 2 N–H and O–H groups in total. The van der Waals surface area contributed by atoms with Gasteiger partial charge in [-0.1, -0.05) is 200 Å². The predicted molar refractivity (Wildman–Crippen MR) is 265 cm³/mol. The van der Waals surface area contributed by atoms with E-state index in [1.807, 2.05) is 0 Å². The zero-order valence-corrected chi connectivity index (χ0v) is 34.7. The van der Waals surface area contributed by atoms with Crippen LogP contribution in [-0.4, -0.2) is 0 Å². The Morgan fingerprint density at radius 1 is 0.222 bits per heavy atom. The lowest BCUT2D eigenvalue weighted by Crippen LogP contribution is -2.28. The molecule has 10 aromatic rings. The summed E-state index contributed by atoms with van der Waals surface area (Å²) in [5.41, 5.74) is 20.2. The Labute approximate surface area is 369 Å². The van der Waals surface area contributed by atoms with E-state index in [-0.39, 0.29) is 0 Å². The summed E-state index contributed by atoms with van der Waals surface area (Å²) in [7, 11) is 0. The van der Waals surface area contributed by atoms with E-state index in [4.69, 9.17) is 0 Å². The van der Waals surface area contributed by atoms with Crippen molar-refractivity contribution < 1.29 is 0 Å². The molecule has 0 aromatic heterocycles. The highest BCUT2D eigenvalue weighted by molar-refractivity contribution is 5.88. The van der Waals surface area contributed by atoms with Gasteiger partial charge in [-0.05, 0) is 132 Å². The van der Waals surface area contributed by atoms with Crippen molar-refractivity contribution in [1.82, 2.24) is 0 Å². The molecule has 63 heavy (non-hydrogen) atoms. The van der Waals surface area contributed by atoms with E-state index in [9.17, 15) is 0 Å². The van der Waals surface area contributed by atoms with E-state index in [0.29, 0.717) is 0 Å². The predicted octanol–water partition coefficient (Wildman–Crippen LogP) is 16.2. The molecular formula is C61H44N2. The highest BCUT2D eigenvalue weighted by Crippen LogP contribution is 2.56. The highest BCUT2D eigenvalue weighted by Gasteiger charge is 2.46. The van der Waals surface area contributed by atoms with Crippen LogP contribution in [0, 0.1) is 0 Å². The zero-order valence-electron chi connectivity index (χ0n) is 34.7. The third kappa shape index (κ3) is 7.18. The summed E-state index contributed by atoms with van der Waals surface area (Å²) in [6, 6.07) is 92.2. The van der Waals surface area contributed by atoms with Gasteiger partial charge in [0.2, 0.25) is 0 Å². The van der Waals surface area contributed by atoms with Crippen LogP contribution in [-0.2, 0) is 5.41 Å². The van der Waals surface area contributed by atoms with Crippen LogP contribution in [0.2, 0.25) is 0 Å². The minimum atomic E-state index is -0.593. The van der Waals surface area contributed by atoms with Crippen LogP contribution < -0.4 is 10.6 Å². The van der Waals surface area contributed by atoms with Gasteiger partial charge < -0.3 is 10.6 Å². The van der Waals surface area contributed by atoms with E-state index in [1.54, 1.807) is 0 Å². The van der Waals surface area contributed by atoms with Crippen LogP contribution in [0.5, 0.6) is 0 Å². The first-order valence-electron chi connectivity index (χ1n) is 21.7. The molecule has 2 nitrogen and oxygen atoms in total. The quantitative estimate of drug-likeness (QED) is 0.144. The third-order valence-electron chi connectivity index (χ3n) is 12.4. The third-order valence-corrected chi connectivity index (χ3v) is 12.4. The van der Waals surface area contributed by atoms with E-state index in [1.165, 1.54) is 55.6 Å². The van der Waals surface area contributed by atoms with E-state index < -0.39 is 5.41 Å². The number of fused-ring (bicyclic) bond motifs is 3. The Morgan fingerprint density at radius 2 is 0.524 bits per heavy atom. The second-order valence-corrected chi connectivity index (χ2v) is 16.3. The van der Waals surface area contributed by atoms with Crippen LogP contribution >= 0.6 is 0 Å². The van der Waals surface area contributed by atoms with Gasteiger partial charge in [-0.15, -0.1) is 0 Å². The average molecular weight is 805 g/mol. The Bertz CT molecular complexity index is 2890. The first-order valence-corrected chi connectivity index (χ1v) is 21.7. The number of anilines is 4. The largest absolute Gasteiger partial charge is 0.355 e. The monoisotopic (exact) mass is 804 g/mol. The van der Waals surface area contributed by atoms with E-state index in [0.717, 1.165) is 45.0 Å². The van der Waals surface area contributed by atoms with Crippen LogP contribution in [0.25, 0.3) is 55.6 Å². The lowest BCUT2D eigenvalue weighted by atomic mass is 9.67. The van der Waals surface area contributed by atoms with Crippen molar-refractivity contribution in [3.63, 3.8) is 0 Å². The molecule has 1 aliphatic rings. The summed E-state index contributed by atoms with van der Waals surface area (Å²) in [5.74, 6) is 0. The van der Waals surface area contributed by atoms with Crippen molar-refractivity contribution in [2.45, 2.75) is 5.41 Å². The molecule has 0 bridgehead atoms. The summed E-state index contributed by atoms with van der Waals surface area (Å²) in [5, 5.41) is 7.93. The maximum atomic E-state index is 3.97. The number of benzene rings is 10. The van der Waals surface area contributed by atoms with E-state index >= 15 is 0 Å². The molecule has 0 atom stereocenters. The molecule has 11 rings (SSSR count). The van der Waals surface area contributed by atoms with Gasteiger partial charge in [-0.2, -0.15) is 0 Å². The number of nitrogens with one attached hydrogen (secondary N) is 2. The second kappa shape index (κ2) is 16.3. The average Bonchev–Trinajstić information content (AvgIpc) is 3.66. The molecule has 298 valence electrons. The maximum Gasteiger partial charge on any atom is 0.0715 e. The molecule has 1 aliphatic carbocycles. The fourth-order valence-electron chi connectivity index (χ4n) is 9.62. The zero-order chi connectivity index (χ0) is 42.0. The Kier molecular flexibility index (Phi) is 9.80. The fraction of sp³-hybridized carbons (Fsp3) is 0.0164. The van der Waals surface area contributed by atoms with Crippen molar-refractivity contribution in [1.29, 1.82) is 0 Å². The first-order chi connectivity index (χ1) is 31.2. The first kappa shape index (κ1) is 37.8. The van der Waals surface area contributed by atoms with Crippen LogP contribution in [0.4, 0.5) is 22.7 Å². The molecule has 10 aromatic carbocycles. The van der Waals surface area contributed by atoms with Crippen molar-refractivity contribution >= 4 is 22.7 Å². The minimum absolute atomic E-state index is 0.593. The summed E-state index contributed by atoms with van der Waals surface area (Å²) < 4.78 is 0. The molecule has 0 spiro atoms. The molecule has 0 saturated heterocycles. The summed E-state index contributed by atoms with van der Waals surface area (Å²) in [4.78, 5) is 0. The lowest BCUT2D eigenvalue weighted by Gasteiger charge is -2.34. The summed E-state index contributed by atoms with van der Waals surface area (Å²) in [6.45, 7) is 0. The van der Waals surface area contributed by atoms with Gasteiger partial charge in [0.1, 0.15) is 0 Å². The maximum absolute atomic E-state index is 3.97. The Balaban J connectivity index is 1.13. The summed E-state index contributed by atoms with van der Waals surface area (Å²) in [6.07, 6.45) is 0. The topological polar surface area (TPSA) is 24.1 Å². The van der Waals surface area contributed by atoms with Gasteiger partial charge >= 0.3 is 0 Å². The number of rotatable bonds is 10. The number of hydrogen-bond donors (Lipinski definition) is 2. The molecule has 0 heterocycles. The normalized spacial score (nSPS) is 12.3. The van der Waals surface area contributed by atoms with Crippen LogP contribution in [0.3, 0.4) is 0 Å². The molecular weight excluding hydrogens is 761 g/mol.